The number of nitrogens with one attached hydrogen (secondary N) is 1. The van der Waals surface area contributed by atoms with Crippen molar-refractivity contribution >= 4 is 5.97 Å². The Morgan fingerprint density at radius 1 is 1.54 bits per heavy atom. The summed E-state index contributed by atoms with van der Waals surface area (Å²) in [5.41, 5.74) is -3.14. The minimum atomic E-state index is -4.92. The van der Waals surface area contributed by atoms with Gasteiger partial charge in [-0.3, -0.25) is 4.79 Å². The third-order valence-electron chi connectivity index (χ3n) is 2.07. The molecular formula is C6H8F3NO3. The fourth-order valence-electron chi connectivity index (χ4n) is 1.32. The zero-order chi connectivity index (χ0) is 10.3. The number of carbonyl (C=O) groups is 1. The lowest BCUT2D eigenvalue weighted by atomic mass is 9.94. The highest BCUT2D eigenvalue weighted by molar-refractivity contribution is 5.76. The molecule has 1 saturated heterocycles. The lowest BCUT2D eigenvalue weighted by molar-refractivity contribution is -0.262. The molecular weight excluding hydrogens is 191 g/mol. The second kappa shape index (κ2) is 2.85. The van der Waals surface area contributed by atoms with Crippen molar-refractivity contribution in [3.8, 4) is 0 Å². The van der Waals surface area contributed by atoms with Gasteiger partial charge in [-0.05, 0) is 13.0 Å². The van der Waals surface area contributed by atoms with E-state index in [2.05, 4.69) is 5.32 Å². The minimum Gasteiger partial charge on any atom is -0.480 e. The Labute approximate surface area is 71.4 Å². The summed E-state index contributed by atoms with van der Waals surface area (Å²) in [5, 5.41) is 19.6. The molecule has 0 aromatic carbocycles. The first-order chi connectivity index (χ1) is 5.79. The van der Waals surface area contributed by atoms with Gasteiger partial charge in [-0.2, -0.15) is 13.2 Å². The Morgan fingerprint density at radius 3 is 2.38 bits per heavy atom. The Hall–Kier alpha value is -0.820. The molecule has 2 atom stereocenters. The van der Waals surface area contributed by atoms with Crippen molar-refractivity contribution in [3.05, 3.63) is 0 Å². The van der Waals surface area contributed by atoms with Crippen molar-refractivity contribution in [2.45, 2.75) is 24.2 Å². The molecule has 0 amide bonds. The van der Waals surface area contributed by atoms with Crippen LogP contribution in [0.5, 0.6) is 0 Å². The van der Waals surface area contributed by atoms with E-state index in [0.717, 1.165) is 0 Å². The molecule has 1 fully saturated rings. The van der Waals surface area contributed by atoms with E-state index in [0.29, 0.717) is 0 Å². The van der Waals surface area contributed by atoms with Crippen molar-refractivity contribution in [1.82, 2.24) is 5.32 Å². The molecule has 1 heterocycles. The van der Waals surface area contributed by atoms with Gasteiger partial charge in [0.15, 0.2) is 5.60 Å². The molecule has 1 aliphatic rings. The number of rotatable bonds is 1. The van der Waals surface area contributed by atoms with Crippen LogP contribution in [-0.4, -0.2) is 40.5 Å². The van der Waals surface area contributed by atoms with E-state index in [-0.39, 0.29) is 6.54 Å². The third kappa shape index (κ3) is 1.49. The van der Waals surface area contributed by atoms with E-state index in [1.165, 1.54) is 0 Å². The normalized spacial score (nSPS) is 34.9. The third-order valence-corrected chi connectivity index (χ3v) is 2.07. The standard InChI is InChI=1S/C6H8F3NO3/c7-6(8,9)5(13)1-2-10-3(5)4(11)12/h3,10,13H,1-2H2,(H,11,12)/t3-,5-/m1/s1. The highest BCUT2D eigenvalue weighted by atomic mass is 19.4. The summed E-state index contributed by atoms with van der Waals surface area (Å²) in [7, 11) is 0. The molecule has 3 N–H and O–H groups in total. The molecule has 0 aromatic heterocycles. The van der Waals surface area contributed by atoms with Crippen LogP contribution in [0.25, 0.3) is 0 Å². The van der Waals surface area contributed by atoms with E-state index < -0.39 is 30.2 Å². The first-order valence-electron chi connectivity index (χ1n) is 3.54. The number of aliphatic hydroxyl groups is 1. The summed E-state index contributed by atoms with van der Waals surface area (Å²) in [4.78, 5) is 10.3. The summed E-state index contributed by atoms with van der Waals surface area (Å²) in [5.74, 6) is -1.70. The Kier molecular flexibility index (Phi) is 2.25. The van der Waals surface area contributed by atoms with Crippen molar-refractivity contribution in [3.63, 3.8) is 0 Å². The molecule has 0 radical (unpaired) electrons. The lowest BCUT2D eigenvalue weighted by Crippen LogP contribution is -2.57. The highest BCUT2D eigenvalue weighted by Gasteiger charge is 2.63. The van der Waals surface area contributed by atoms with Crippen LogP contribution in [0.2, 0.25) is 0 Å². The van der Waals surface area contributed by atoms with E-state index >= 15 is 0 Å². The predicted molar refractivity (Wildman–Crippen MR) is 35.0 cm³/mol. The first-order valence-corrected chi connectivity index (χ1v) is 3.54. The maximum Gasteiger partial charge on any atom is 0.419 e. The number of carboxylic acids is 1. The summed E-state index contributed by atoms with van der Waals surface area (Å²) in [6, 6.07) is -1.97. The van der Waals surface area contributed by atoms with Crippen LogP contribution in [-0.2, 0) is 4.79 Å². The van der Waals surface area contributed by atoms with Gasteiger partial charge in [0.2, 0.25) is 0 Å². The van der Waals surface area contributed by atoms with Gasteiger partial charge in [0.25, 0.3) is 0 Å². The molecule has 13 heavy (non-hydrogen) atoms. The van der Waals surface area contributed by atoms with Gasteiger partial charge in [0.1, 0.15) is 6.04 Å². The SMILES string of the molecule is O=C(O)[C@H]1NCC[C@]1(O)C(F)(F)F. The number of carboxylic acid groups (broad SMARTS) is 1. The van der Waals surface area contributed by atoms with Crippen molar-refractivity contribution in [2.75, 3.05) is 6.54 Å². The molecule has 0 spiro atoms. The monoisotopic (exact) mass is 199 g/mol. The molecule has 0 saturated carbocycles. The fourth-order valence-corrected chi connectivity index (χ4v) is 1.32. The predicted octanol–water partition coefficient (Wildman–Crippen LogP) is -0.274. The molecule has 0 unspecified atom stereocenters. The van der Waals surface area contributed by atoms with Crippen LogP contribution in [0.4, 0.5) is 13.2 Å². The topological polar surface area (TPSA) is 69.6 Å². The molecule has 1 rings (SSSR count). The van der Waals surface area contributed by atoms with E-state index in [1.807, 2.05) is 0 Å². The Morgan fingerprint density at radius 2 is 2.08 bits per heavy atom. The lowest BCUT2D eigenvalue weighted by Gasteiger charge is -2.28. The molecule has 0 aliphatic carbocycles. The number of alkyl halides is 3. The van der Waals surface area contributed by atoms with Gasteiger partial charge < -0.3 is 15.5 Å². The van der Waals surface area contributed by atoms with E-state index in [9.17, 15) is 18.0 Å². The van der Waals surface area contributed by atoms with Crippen molar-refractivity contribution in [2.24, 2.45) is 0 Å². The van der Waals surface area contributed by atoms with Crippen molar-refractivity contribution in [1.29, 1.82) is 0 Å². The quantitative estimate of drug-likeness (QED) is 0.543. The smallest absolute Gasteiger partial charge is 0.419 e. The first kappa shape index (κ1) is 10.3. The zero-order valence-electron chi connectivity index (χ0n) is 6.43. The van der Waals surface area contributed by atoms with E-state index in [1.54, 1.807) is 0 Å². The van der Waals surface area contributed by atoms with Crippen LogP contribution in [0.1, 0.15) is 6.42 Å². The molecule has 7 heteroatoms. The average Bonchev–Trinajstić information content (AvgIpc) is 2.30. The fraction of sp³-hybridized carbons (Fsp3) is 0.833. The average molecular weight is 199 g/mol. The summed E-state index contributed by atoms with van der Waals surface area (Å²) in [6.45, 7) is -0.160. The molecule has 0 aromatic rings. The van der Waals surface area contributed by atoms with Crippen molar-refractivity contribution < 1.29 is 28.2 Å². The Balaban J connectivity index is 2.95. The molecule has 76 valence electrons. The Bertz CT molecular complexity index is 230. The molecule has 4 nitrogen and oxygen atoms in total. The summed E-state index contributed by atoms with van der Waals surface area (Å²) < 4.78 is 36.6. The van der Waals surface area contributed by atoms with Gasteiger partial charge in [-0.1, -0.05) is 0 Å². The van der Waals surface area contributed by atoms with Crippen LogP contribution >= 0.6 is 0 Å². The van der Waals surface area contributed by atoms with Gasteiger partial charge in [0.05, 0.1) is 0 Å². The number of halogens is 3. The second-order valence-corrected chi connectivity index (χ2v) is 2.90. The maximum absolute atomic E-state index is 12.2. The highest BCUT2D eigenvalue weighted by Crippen LogP contribution is 2.38. The summed E-state index contributed by atoms with van der Waals surface area (Å²) >= 11 is 0. The van der Waals surface area contributed by atoms with Gasteiger partial charge in [-0.15, -0.1) is 0 Å². The maximum atomic E-state index is 12.2. The van der Waals surface area contributed by atoms with E-state index in [4.69, 9.17) is 10.2 Å². The largest absolute Gasteiger partial charge is 0.480 e. The van der Waals surface area contributed by atoms with Gasteiger partial charge in [-0.25, -0.2) is 0 Å². The van der Waals surface area contributed by atoms with Crippen LogP contribution < -0.4 is 5.32 Å². The molecule has 1 aliphatic heterocycles. The zero-order valence-corrected chi connectivity index (χ0v) is 6.43. The van der Waals surface area contributed by atoms with Gasteiger partial charge in [0, 0.05) is 0 Å². The molecule has 0 bridgehead atoms. The second-order valence-electron chi connectivity index (χ2n) is 2.90. The van der Waals surface area contributed by atoms with Crippen LogP contribution in [0, 0.1) is 0 Å². The van der Waals surface area contributed by atoms with Crippen LogP contribution in [0.3, 0.4) is 0 Å². The summed E-state index contributed by atoms with van der Waals surface area (Å²) in [6.07, 6.45) is -5.55. The number of hydrogen-bond acceptors (Lipinski definition) is 3. The van der Waals surface area contributed by atoms with Crippen LogP contribution in [0.15, 0.2) is 0 Å². The van der Waals surface area contributed by atoms with Gasteiger partial charge >= 0.3 is 12.1 Å². The minimum absolute atomic E-state index is 0.160. The number of hydrogen-bond donors (Lipinski definition) is 3. The number of aliphatic carboxylic acids is 1.